The zero-order chi connectivity index (χ0) is 18.5. The molecule has 0 unspecified atom stereocenters. The Kier molecular flexibility index (Phi) is 6.29. The smallest absolute Gasteiger partial charge is 0.341 e. The Morgan fingerprint density at radius 3 is 2.54 bits per heavy atom. The van der Waals surface area contributed by atoms with Gasteiger partial charge in [-0.25, -0.2) is 4.79 Å². The standard InChI is InChI=1S/C19H21ClN2O3S/c1-25-19(24)17-15(13-5-7-14(20)8-6-13)12-26-18(17)21-16(23)11-22-9-3-2-4-10-22/h5-8,12H,2-4,9-11H2,1H3,(H,21,23). The Morgan fingerprint density at radius 1 is 1.19 bits per heavy atom. The molecule has 138 valence electrons. The second kappa shape index (κ2) is 8.66. The third kappa shape index (κ3) is 4.44. The van der Waals surface area contributed by atoms with Gasteiger partial charge in [0.2, 0.25) is 5.91 Å². The predicted molar refractivity (Wildman–Crippen MR) is 105 cm³/mol. The summed E-state index contributed by atoms with van der Waals surface area (Å²) in [5, 5.41) is 5.88. The van der Waals surface area contributed by atoms with Crippen LogP contribution < -0.4 is 5.32 Å². The van der Waals surface area contributed by atoms with Crippen molar-refractivity contribution in [2.75, 3.05) is 32.1 Å². The third-order valence-electron chi connectivity index (χ3n) is 4.40. The minimum atomic E-state index is -0.468. The van der Waals surface area contributed by atoms with Crippen LogP contribution in [0.5, 0.6) is 0 Å². The van der Waals surface area contributed by atoms with Crippen molar-refractivity contribution < 1.29 is 14.3 Å². The van der Waals surface area contributed by atoms with Crippen LogP contribution >= 0.6 is 22.9 Å². The van der Waals surface area contributed by atoms with E-state index in [1.807, 2.05) is 17.5 Å². The summed E-state index contributed by atoms with van der Waals surface area (Å²) in [4.78, 5) is 26.9. The summed E-state index contributed by atoms with van der Waals surface area (Å²) < 4.78 is 4.93. The fourth-order valence-corrected chi connectivity index (χ4v) is 4.18. The Morgan fingerprint density at radius 2 is 1.88 bits per heavy atom. The number of benzene rings is 1. The number of hydrogen-bond acceptors (Lipinski definition) is 5. The van der Waals surface area contributed by atoms with E-state index in [1.165, 1.54) is 24.9 Å². The zero-order valence-electron chi connectivity index (χ0n) is 14.6. The Labute approximate surface area is 161 Å². The number of nitrogens with zero attached hydrogens (tertiary/aromatic N) is 1. The Bertz CT molecular complexity index is 783. The lowest BCUT2D eigenvalue weighted by Gasteiger charge is -2.25. The van der Waals surface area contributed by atoms with E-state index in [-0.39, 0.29) is 5.91 Å². The van der Waals surface area contributed by atoms with Gasteiger partial charge < -0.3 is 10.1 Å². The van der Waals surface area contributed by atoms with Gasteiger partial charge in [-0.3, -0.25) is 9.69 Å². The second-order valence-electron chi connectivity index (χ2n) is 6.24. The van der Waals surface area contributed by atoms with Gasteiger partial charge in [0, 0.05) is 16.0 Å². The number of carbonyl (C=O) groups excluding carboxylic acids is 2. The molecule has 0 aliphatic carbocycles. The van der Waals surface area contributed by atoms with Gasteiger partial charge in [-0.1, -0.05) is 30.2 Å². The monoisotopic (exact) mass is 392 g/mol. The van der Waals surface area contributed by atoms with E-state index in [1.54, 1.807) is 12.1 Å². The molecule has 7 heteroatoms. The third-order valence-corrected chi connectivity index (χ3v) is 5.55. The number of amides is 1. The number of hydrogen-bond donors (Lipinski definition) is 1. The molecule has 1 saturated heterocycles. The average molecular weight is 393 g/mol. The molecule has 1 amide bonds. The number of ether oxygens (including phenoxy) is 1. The molecule has 0 bridgehead atoms. The van der Waals surface area contributed by atoms with Crippen molar-refractivity contribution in [1.29, 1.82) is 0 Å². The highest BCUT2D eigenvalue weighted by molar-refractivity contribution is 7.15. The van der Waals surface area contributed by atoms with E-state index < -0.39 is 5.97 Å². The van der Waals surface area contributed by atoms with Crippen molar-refractivity contribution in [3.63, 3.8) is 0 Å². The lowest BCUT2D eigenvalue weighted by atomic mass is 10.0. The maximum atomic E-state index is 12.4. The summed E-state index contributed by atoms with van der Waals surface area (Å²) >= 11 is 7.27. The molecular formula is C19H21ClN2O3S. The van der Waals surface area contributed by atoms with E-state index >= 15 is 0 Å². The molecule has 26 heavy (non-hydrogen) atoms. The van der Waals surface area contributed by atoms with Gasteiger partial charge in [-0.05, 0) is 43.6 Å². The second-order valence-corrected chi connectivity index (χ2v) is 7.55. The summed E-state index contributed by atoms with van der Waals surface area (Å²) in [6, 6.07) is 7.22. The van der Waals surface area contributed by atoms with Crippen molar-refractivity contribution in [1.82, 2.24) is 4.90 Å². The molecular weight excluding hydrogens is 372 g/mol. The van der Waals surface area contributed by atoms with Crippen LogP contribution in [0.15, 0.2) is 29.6 Å². The summed E-state index contributed by atoms with van der Waals surface area (Å²) in [7, 11) is 1.34. The van der Waals surface area contributed by atoms with Gasteiger partial charge in [0.1, 0.15) is 10.6 Å². The molecule has 0 atom stereocenters. The fraction of sp³-hybridized carbons (Fsp3) is 0.368. The first-order valence-corrected chi connectivity index (χ1v) is 9.82. The van der Waals surface area contributed by atoms with Gasteiger partial charge in [0.05, 0.1) is 13.7 Å². The van der Waals surface area contributed by atoms with Crippen molar-refractivity contribution >= 4 is 39.8 Å². The van der Waals surface area contributed by atoms with Gasteiger partial charge in [0.15, 0.2) is 0 Å². The number of methoxy groups -OCH3 is 1. The van der Waals surface area contributed by atoms with Gasteiger partial charge >= 0.3 is 5.97 Å². The minimum Gasteiger partial charge on any atom is -0.465 e. The van der Waals surface area contributed by atoms with Gasteiger partial charge in [0.25, 0.3) is 0 Å². The van der Waals surface area contributed by atoms with Gasteiger partial charge in [-0.15, -0.1) is 11.3 Å². The molecule has 1 N–H and O–H groups in total. The minimum absolute atomic E-state index is 0.110. The number of carbonyl (C=O) groups is 2. The summed E-state index contributed by atoms with van der Waals surface area (Å²) in [5.74, 6) is -0.578. The maximum Gasteiger partial charge on any atom is 0.341 e. The predicted octanol–water partition coefficient (Wildman–Crippen LogP) is 4.28. The quantitative estimate of drug-likeness (QED) is 0.771. The van der Waals surface area contributed by atoms with Crippen molar-refractivity contribution in [3.05, 3.63) is 40.2 Å². The number of rotatable bonds is 5. The first-order valence-electron chi connectivity index (χ1n) is 8.56. The van der Waals surface area contributed by atoms with Crippen molar-refractivity contribution in [2.24, 2.45) is 0 Å². The molecule has 1 aliphatic heterocycles. The highest BCUT2D eigenvalue weighted by atomic mass is 35.5. The largest absolute Gasteiger partial charge is 0.465 e. The molecule has 1 fully saturated rings. The van der Waals surface area contributed by atoms with Crippen LogP contribution in [-0.2, 0) is 9.53 Å². The number of thiophene rings is 1. The van der Waals surface area contributed by atoms with Crippen LogP contribution in [0.3, 0.4) is 0 Å². The van der Waals surface area contributed by atoms with E-state index in [0.717, 1.165) is 37.1 Å². The highest BCUT2D eigenvalue weighted by Crippen LogP contribution is 2.36. The summed E-state index contributed by atoms with van der Waals surface area (Å²) in [5.41, 5.74) is 1.96. The van der Waals surface area contributed by atoms with Crippen LogP contribution in [-0.4, -0.2) is 43.5 Å². The van der Waals surface area contributed by atoms with E-state index in [2.05, 4.69) is 10.2 Å². The summed E-state index contributed by atoms with van der Waals surface area (Å²) in [6.07, 6.45) is 3.47. The first kappa shape index (κ1) is 18.9. The molecule has 1 aliphatic rings. The normalized spacial score (nSPS) is 14.8. The number of anilines is 1. The topological polar surface area (TPSA) is 58.6 Å². The zero-order valence-corrected chi connectivity index (χ0v) is 16.2. The molecule has 0 radical (unpaired) electrons. The molecule has 1 aromatic carbocycles. The van der Waals surface area contributed by atoms with E-state index in [0.29, 0.717) is 22.1 Å². The highest BCUT2D eigenvalue weighted by Gasteiger charge is 2.23. The van der Waals surface area contributed by atoms with Crippen LogP contribution in [0.2, 0.25) is 5.02 Å². The molecule has 0 saturated carbocycles. The van der Waals surface area contributed by atoms with Crippen LogP contribution in [0.4, 0.5) is 5.00 Å². The molecule has 5 nitrogen and oxygen atoms in total. The Hall–Kier alpha value is -1.89. The van der Waals surface area contributed by atoms with Crippen LogP contribution in [0, 0.1) is 0 Å². The van der Waals surface area contributed by atoms with Crippen LogP contribution in [0.25, 0.3) is 11.1 Å². The summed E-state index contributed by atoms with van der Waals surface area (Å²) in [6.45, 7) is 2.23. The first-order chi connectivity index (χ1) is 12.6. The maximum absolute atomic E-state index is 12.4. The molecule has 2 aromatic rings. The van der Waals surface area contributed by atoms with Crippen molar-refractivity contribution in [3.8, 4) is 11.1 Å². The molecule has 1 aromatic heterocycles. The van der Waals surface area contributed by atoms with E-state index in [9.17, 15) is 9.59 Å². The number of nitrogens with one attached hydrogen (secondary N) is 1. The Balaban J connectivity index is 1.81. The SMILES string of the molecule is COC(=O)c1c(-c2ccc(Cl)cc2)csc1NC(=O)CN1CCCCC1. The number of halogens is 1. The lowest BCUT2D eigenvalue weighted by molar-refractivity contribution is -0.117. The fourth-order valence-electron chi connectivity index (χ4n) is 3.08. The number of esters is 1. The van der Waals surface area contributed by atoms with E-state index in [4.69, 9.17) is 16.3 Å². The van der Waals surface area contributed by atoms with Gasteiger partial charge in [-0.2, -0.15) is 0 Å². The van der Waals surface area contributed by atoms with Crippen LogP contribution in [0.1, 0.15) is 29.6 Å². The lowest BCUT2D eigenvalue weighted by Crippen LogP contribution is -2.36. The van der Waals surface area contributed by atoms with Crippen molar-refractivity contribution in [2.45, 2.75) is 19.3 Å². The molecule has 2 heterocycles. The molecule has 0 spiro atoms. The molecule has 3 rings (SSSR count). The number of likely N-dealkylation sites (tertiary alicyclic amines) is 1. The number of piperidine rings is 1. The average Bonchev–Trinajstić information content (AvgIpc) is 3.06.